The number of amides is 2. The number of hydrogen-bond acceptors (Lipinski definition) is 4. The topological polar surface area (TPSA) is 93.3 Å². The second-order valence-electron chi connectivity index (χ2n) is 6.65. The van der Waals surface area contributed by atoms with Gasteiger partial charge in [0.15, 0.2) is 0 Å². The largest absolute Gasteiger partial charge is 0.352 e. The van der Waals surface area contributed by atoms with Gasteiger partial charge in [0, 0.05) is 49.9 Å². The summed E-state index contributed by atoms with van der Waals surface area (Å²) in [6.07, 6.45) is 7.62. The van der Waals surface area contributed by atoms with Crippen molar-refractivity contribution in [3.63, 3.8) is 0 Å². The number of aromatic nitrogens is 2. The number of nitrogens with zero attached hydrogens (tertiary/aromatic N) is 3. The maximum atomic E-state index is 12.5. The number of aryl methyl sites for hydroxylation is 1. The van der Waals surface area contributed by atoms with Gasteiger partial charge in [0.25, 0.3) is 0 Å². The van der Waals surface area contributed by atoms with Crippen LogP contribution < -0.4 is 11.1 Å². The van der Waals surface area contributed by atoms with Crippen LogP contribution >= 0.6 is 0 Å². The molecular formula is C18H25N5O2. The first-order valence-corrected chi connectivity index (χ1v) is 8.77. The highest BCUT2D eigenvalue weighted by Crippen LogP contribution is 2.16. The van der Waals surface area contributed by atoms with Gasteiger partial charge in [-0.15, -0.1) is 0 Å². The van der Waals surface area contributed by atoms with Crippen molar-refractivity contribution in [3.8, 4) is 0 Å². The third-order valence-corrected chi connectivity index (χ3v) is 4.75. The first-order chi connectivity index (χ1) is 12.0. The van der Waals surface area contributed by atoms with Crippen LogP contribution in [0.1, 0.15) is 26.2 Å². The number of carbonyl (C=O) groups is 2. The molecule has 0 spiro atoms. The lowest BCUT2D eigenvalue weighted by Crippen LogP contribution is -2.49. The number of carbonyl (C=O) groups excluding carboxylic acids is 2. The second kappa shape index (κ2) is 7.65. The predicted molar refractivity (Wildman–Crippen MR) is 95.7 cm³/mol. The molecule has 3 heterocycles. The fourth-order valence-corrected chi connectivity index (χ4v) is 3.20. The molecule has 7 nitrogen and oxygen atoms in total. The lowest BCUT2D eigenvalue weighted by atomic mass is 10.0. The van der Waals surface area contributed by atoms with E-state index in [2.05, 4.69) is 14.9 Å². The van der Waals surface area contributed by atoms with E-state index in [-0.39, 0.29) is 17.9 Å². The van der Waals surface area contributed by atoms with Crippen LogP contribution in [0.3, 0.4) is 0 Å². The summed E-state index contributed by atoms with van der Waals surface area (Å²) in [7, 11) is 0. The van der Waals surface area contributed by atoms with Crippen LogP contribution in [0.15, 0.2) is 30.7 Å². The van der Waals surface area contributed by atoms with Gasteiger partial charge >= 0.3 is 0 Å². The molecule has 0 bridgehead atoms. The molecule has 2 aromatic heterocycles. The van der Waals surface area contributed by atoms with Crippen molar-refractivity contribution in [2.24, 2.45) is 5.73 Å². The number of pyridine rings is 1. The van der Waals surface area contributed by atoms with Crippen molar-refractivity contribution in [3.05, 3.63) is 30.7 Å². The third kappa shape index (κ3) is 4.17. The maximum Gasteiger partial charge on any atom is 0.236 e. The number of nitrogens with one attached hydrogen (secondary N) is 1. The van der Waals surface area contributed by atoms with Gasteiger partial charge in [-0.05, 0) is 31.9 Å². The highest BCUT2D eigenvalue weighted by Gasteiger charge is 2.24. The van der Waals surface area contributed by atoms with Crippen molar-refractivity contribution in [1.82, 2.24) is 19.8 Å². The van der Waals surface area contributed by atoms with Gasteiger partial charge in [-0.2, -0.15) is 0 Å². The Labute approximate surface area is 147 Å². The molecule has 3 N–H and O–H groups in total. The monoisotopic (exact) mass is 343 g/mol. The summed E-state index contributed by atoms with van der Waals surface area (Å²) in [5.74, 6) is 0.0283. The van der Waals surface area contributed by atoms with E-state index in [0.717, 1.165) is 23.7 Å². The van der Waals surface area contributed by atoms with Crippen LogP contribution in [0.4, 0.5) is 0 Å². The molecule has 2 aromatic rings. The minimum Gasteiger partial charge on any atom is -0.352 e. The Kier molecular flexibility index (Phi) is 5.33. The molecule has 0 aliphatic carbocycles. The highest BCUT2D eigenvalue weighted by molar-refractivity contribution is 5.81. The summed E-state index contributed by atoms with van der Waals surface area (Å²) in [6.45, 7) is 3.68. The van der Waals surface area contributed by atoms with E-state index in [1.165, 1.54) is 0 Å². The zero-order chi connectivity index (χ0) is 17.8. The zero-order valence-electron chi connectivity index (χ0n) is 14.5. The fraction of sp³-hybridized carbons (Fsp3) is 0.500. The molecule has 1 atom stereocenters. The van der Waals surface area contributed by atoms with Crippen molar-refractivity contribution >= 4 is 22.7 Å². The van der Waals surface area contributed by atoms with E-state index in [1.807, 2.05) is 29.4 Å². The lowest BCUT2D eigenvalue weighted by Gasteiger charge is -2.32. The molecule has 0 unspecified atom stereocenters. The van der Waals surface area contributed by atoms with Crippen molar-refractivity contribution in [2.75, 3.05) is 13.1 Å². The number of likely N-dealkylation sites (tertiary alicyclic amines) is 1. The van der Waals surface area contributed by atoms with E-state index in [1.54, 1.807) is 13.1 Å². The molecule has 134 valence electrons. The second-order valence-corrected chi connectivity index (χ2v) is 6.65. The van der Waals surface area contributed by atoms with Gasteiger partial charge in [-0.3, -0.25) is 14.6 Å². The minimum absolute atomic E-state index is 0.113. The van der Waals surface area contributed by atoms with Crippen molar-refractivity contribution in [1.29, 1.82) is 0 Å². The highest BCUT2D eigenvalue weighted by atomic mass is 16.2. The SMILES string of the molecule is C[C@H](N)C(=O)NC1CCN(C(=O)CCn2ccc3ccncc32)CC1. The van der Waals surface area contributed by atoms with E-state index < -0.39 is 6.04 Å². The van der Waals surface area contributed by atoms with Crippen molar-refractivity contribution < 1.29 is 9.59 Å². The molecular weight excluding hydrogens is 318 g/mol. The summed E-state index contributed by atoms with van der Waals surface area (Å²) < 4.78 is 2.07. The Hall–Kier alpha value is -2.41. The van der Waals surface area contributed by atoms with E-state index in [0.29, 0.717) is 26.1 Å². The van der Waals surface area contributed by atoms with Crippen LogP contribution in [0, 0.1) is 0 Å². The van der Waals surface area contributed by atoms with Crippen LogP contribution in [-0.2, 0) is 16.1 Å². The molecule has 1 fully saturated rings. The van der Waals surface area contributed by atoms with Gasteiger partial charge < -0.3 is 20.5 Å². The van der Waals surface area contributed by atoms with Gasteiger partial charge in [-0.25, -0.2) is 0 Å². The number of hydrogen-bond donors (Lipinski definition) is 2. The molecule has 0 saturated carbocycles. The fourth-order valence-electron chi connectivity index (χ4n) is 3.20. The summed E-state index contributed by atoms with van der Waals surface area (Å²) in [4.78, 5) is 30.1. The van der Waals surface area contributed by atoms with Gasteiger partial charge in [0.2, 0.25) is 11.8 Å². The van der Waals surface area contributed by atoms with E-state index >= 15 is 0 Å². The van der Waals surface area contributed by atoms with Crippen molar-refractivity contribution in [2.45, 2.75) is 44.8 Å². The Morgan fingerprint density at radius 3 is 2.84 bits per heavy atom. The molecule has 1 saturated heterocycles. The molecule has 0 aromatic carbocycles. The Bertz CT molecular complexity index is 747. The molecule has 2 amide bonds. The van der Waals surface area contributed by atoms with Crippen LogP contribution in [0.2, 0.25) is 0 Å². The van der Waals surface area contributed by atoms with E-state index in [4.69, 9.17) is 5.73 Å². The van der Waals surface area contributed by atoms with Crippen LogP contribution in [-0.4, -0.2) is 51.4 Å². The molecule has 1 aliphatic heterocycles. The Balaban J connectivity index is 1.47. The summed E-state index contributed by atoms with van der Waals surface area (Å²) in [5, 5.41) is 4.07. The standard InChI is InChI=1S/C18H25N5O2/c1-13(19)18(25)21-15-4-9-23(10-5-15)17(24)6-11-22-8-3-14-2-7-20-12-16(14)22/h2-3,7-8,12-13,15H,4-6,9-11,19H2,1H3,(H,21,25)/t13-/m0/s1. The third-order valence-electron chi connectivity index (χ3n) is 4.75. The summed E-state index contributed by atoms with van der Waals surface area (Å²) >= 11 is 0. The van der Waals surface area contributed by atoms with Gasteiger partial charge in [0.1, 0.15) is 0 Å². The van der Waals surface area contributed by atoms with Crippen LogP contribution in [0.25, 0.3) is 10.9 Å². The number of piperidine rings is 1. The normalized spacial score (nSPS) is 16.8. The average Bonchev–Trinajstić information content (AvgIpc) is 3.03. The molecule has 1 aliphatic rings. The molecule has 7 heteroatoms. The molecule has 25 heavy (non-hydrogen) atoms. The Morgan fingerprint density at radius 2 is 2.12 bits per heavy atom. The van der Waals surface area contributed by atoms with Crippen LogP contribution in [0.5, 0.6) is 0 Å². The first-order valence-electron chi connectivity index (χ1n) is 8.77. The summed E-state index contributed by atoms with van der Waals surface area (Å²) in [6, 6.07) is 3.62. The quantitative estimate of drug-likeness (QED) is 0.843. The smallest absolute Gasteiger partial charge is 0.236 e. The molecule has 3 rings (SSSR count). The number of fused-ring (bicyclic) bond motifs is 1. The minimum atomic E-state index is -0.495. The van der Waals surface area contributed by atoms with Gasteiger partial charge in [-0.1, -0.05) is 0 Å². The first kappa shape index (κ1) is 17.4. The van der Waals surface area contributed by atoms with E-state index in [9.17, 15) is 9.59 Å². The average molecular weight is 343 g/mol. The summed E-state index contributed by atoms with van der Waals surface area (Å²) in [5.41, 5.74) is 6.62. The maximum absolute atomic E-state index is 12.5. The zero-order valence-corrected chi connectivity index (χ0v) is 14.5. The predicted octanol–water partition coefficient (Wildman–Crippen LogP) is 0.881. The molecule has 0 radical (unpaired) electrons. The van der Waals surface area contributed by atoms with Gasteiger partial charge in [0.05, 0.1) is 17.8 Å². The number of rotatable bonds is 5. The lowest BCUT2D eigenvalue weighted by molar-refractivity contribution is -0.132. The Morgan fingerprint density at radius 1 is 1.36 bits per heavy atom. The number of nitrogens with two attached hydrogens (primary N) is 1.